The number of imide groups is 1. The standard InChI is InChI=1S/C33H40F3N5O3/c1-22(42)32(30(37)27-20-38-29-13-7-5-11-26(27)29,40-18-14-25(15-19-40)39-16-8-3-9-17-39)31(44)41(23(2)43)21-24-10-4-6-12-28(24)33(34,35)36/h4-7,10-13,20,25,30,38H,3,8-9,14-19,21,37H2,1-2H3. The van der Waals surface area contributed by atoms with Crippen LogP contribution in [0.2, 0.25) is 0 Å². The van der Waals surface area contributed by atoms with Crippen LogP contribution in [0.3, 0.4) is 0 Å². The summed E-state index contributed by atoms with van der Waals surface area (Å²) in [4.78, 5) is 50.1. The number of aromatic amines is 1. The molecule has 0 bridgehead atoms. The van der Waals surface area contributed by atoms with Crippen molar-refractivity contribution in [2.45, 2.75) is 76.3 Å². The molecule has 2 aliphatic rings. The lowest BCUT2D eigenvalue weighted by molar-refractivity contribution is -0.161. The number of para-hydroxylation sites is 1. The first kappa shape index (κ1) is 31.9. The summed E-state index contributed by atoms with van der Waals surface area (Å²) in [5.74, 6) is -2.25. The normalized spacial score (nSPS) is 19.4. The van der Waals surface area contributed by atoms with E-state index in [0.29, 0.717) is 31.5 Å². The number of benzene rings is 2. The van der Waals surface area contributed by atoms with Crippen LogP contribution in [-0.4, -0.2) is 75.0 Å². The van der Waals surface area contributed by atoms with Crippen molar-refractivity contribution < 1.29 is 27.6 Å². The van der Waals surface area contributed by atoms with Gasteiger partial charge in [-0.2, -0.15) is 13.2 Å². The zero-order valence-electron chi connectivity index (χ0n) is 25.2. The number of carbonyl (C=O) groups is 3. The van der Waals surface area contributed by atoms with E-state index in [-0.39, 0.29) is 11.6 Å². The van der Waals surface area contributed by atoms with E-state index >= 15 is 0 Å². The minimum atomic E-state index is -4.70. The number of hydrogen-bond acceptors (Lipinski definition) is 6. The summed E-state index contributed by atoms with van der Waals surface area (Å²) in [5.41, 5.74) is 5.04. The summed E-state index contributed by atoms with van der Waals surface area (Å²) >= 11 is 0. The van der Waals surface area contributed by atoms with Gasteiger partial charge in [-0.3, -0.25) is 24.2 Å². The number of fused-ring (bicyclic) bond motifs is 1. The number of nitrogens with one attached hydrogen (secondary N) is 1. The van der Waals surface area contributed by atoms with Gasteiger partial charge in [-0.05, 0) is 69.0 Å². The van der Waals surface area contributed by atoms with Gasteiger partial charge in [0.2, 0.25) is 5.91 Å². The Morgan fingerprint density at radius 3 is 2.23 bits per heavy atom. The highest BCUT2D eigenvalue weighted by atomic mass is 19.4. The SMILES string of the molecule is CC(=O)N(Cc1ccccc1C(F)(F)F)C(=O)C(C(C)=O)(C(N)c1c[nH]c2ccccc12)N1CCC(N2CCCCC2)CC1. The summed E-state index contributed by atoms with van der Waals surface area (Å²) in [5, 5.41) is 0.721. The Morgan fingerprint density at radius 2 is 1.59 bits per heavy atom. The molecule has 0 radical (unpaired) electrons. The van der Waals surface area contributed by atoms with Crippen molar-refractivity contribution in [2.75, 3.05) is 26.2 Å². The Labute approximate surface area is 255 Å². The lowest BCUT2D eigenvalue weighted by Gasteiger charge is -2.50. The van der Waals surface area contributed by atoms with Gasteiger partial charge in [0.05, 0.1) is 18.2 Å². The van der Waals surface area contributed by atoms with Crippen molar-refractivity contribution in [3.05, 3.63) is 71.4 Å². The van der Waals surface area contributed by atoms with Gasteiger partial charge >= 0.3 is 6.18 Å². The number of carbonyl (C=O) groups excluding carboxylic acids is 3. The van der Waals surface area contributed by atoms with Crippen LogP contribution in [0.4, 0.5) is 13.2 Å². The molecule has 44 heavy (non-hydrogen) atoms. The fourth-order valence-electron chi connectivity index (χ4n) is 7.14. The van der Waals surface area contributed by atoms with Gasteiger partial charge in [-0.15, -0.1) is 0 Å². The first-order valence-electron chi connectivity index (χ1n) is 15.3. The molecular formula is C33H40F3N5O3. The minimum absolute atomic E-state index is 0.245. The minimum Gasteiger partial charge on any atom is -0.361 e. The molecule has 2 fully saturated rings. The number of nitrogens with zero attached hydrogens (tertiary/aromatic N) is 3. The van der Waals surface area contributed by atoms with Gasteiger partial charge < -0.3 is 15.6 Å². The number of nitrogens with two attached hydrogens (primary N) is 1. The highest BCUT2D eigenvalue weighted by Crippen LogP contribution is 2.40. The fourth-order valence-corrected chi connectivity index (χ4v) is 7.14. The van der Waals surface area contributed by atoms with Crippen LogP contribution < -0.4 is 5.73 Å². The van der Waals surface area contributed by atoms with E-state index in [1.165, 1.54) is 31.5 Å². The summed E-state index contributed by atoms with van der Waals surface area (Å²) in [6, 6.07) is 11.3. The molecule has 0 spiro atoms. The molecule has 3 aromatic rings. The number of ketones is 1. The number of halogens is 3. The Kier molecular flexibility index (Phi) is 9.29. The molecule has 2 amide bonds. The third-order valence-electron chi connectivity index (χ3n) is 9.42. The van der Waals surface area contributed by atoms with Crippen molar-refractivity contribution in [1.82, 2.24) is 19.7 Å². The number of aromatic nitrogens is 1. The molecule has 3 N–H and O–H groups in total. The molecule has 5 rings (SSSR count). The van der Waals surface area contributed by atoms with Gasteiger partial charge in [0, 0.05) is 43.2 Å². The second kappa shape index (κ2) is 12.8. The number of H-pyrrole nitrogens is 1. The second-order valence-corrected chi connectivity index (χ2v) is 12.0. The summed E-state index contributed by atoms with van der Waals surface area (Å²) in [7, 11) is 0. The van der Waals surface area contributed by atoms with Crippen molar-refractivity contribution >= 4 is 28.5 Å². The van der Waals surface area contributed by atoms with E-state index in [0.717, 1.165) is 54.7 Å². The van der Waals surface area contributed by atoms with Gasteiger partial charge in [0.15, 0.2) is 11.3 Å². The highest BCUT2D eigenvalue weighted by molar-refractivity contribution is 6.15. The smallest absolute Gasteiger partial charge is 0.361 e. The number of amides is 2. The van der Waals surface area contributed by atoms with Crippen molar-refractivity contribution in [3.8, 4) is 0 Å². The van der Waals surface area contributed by atoms with Crippen molar-refractivity contribution in [3.63, 3.8) is 0 Å². The van der Waals surface area contributed by atoms with Crippen LogP contribution in [0.1, 0.15) is 68.7 Å². The van der Waals surface area contributed by atoms with Gasteiger partial charge in [0.25, 0.3) is 5.91 Å². The van der Waals surface area contributed by atoms with E-state index in [2.05, 4.69) is 9.88 Å². The molecule has 236 valence electrons. The van der Waals surface area contributed by atoms with Crippen LogP contribution in [0.25, 0.3) is 10.9 Å². The summed E-state index contributed by atoms with van der Waals surface area (Å²) < 4.78 is 41.8. The molecule has 8 nitrogen and oxygen atoms in total. The molecule has 2 aromatic carbocycles. The van der Waals surface area contributed by atoms with Crippen LogP contribution in [0.15, 0.2) is 54.7 Å². The van der Waals surface area contributed by atoms with Crippen molar-refractivity contribution in [2.24, 2.45) is 5.73 Å². The molecule has 2 atom stereocenters. The number of likely N-dealkylation sites (tertiary alicyclic amines) is 2. The Morgan fingerprint density at radius 1 is 0.955 bits per heavy atom. The third-order valence-corrected chi connectivity index (χ3v) is 9.42. The van der Waals surface area contributed by atoms with Crippen LogP contribution in [0.5, 0.6) is 0 Å². The number of alkyl halides is 3. The Balaban J connectivity index is 1.58. The molecule has 0 aliphatic carbocycles. The second-order valence-electron chi connectivity index (χ2n) is 12.0. The lowest BCUT2D eigenvalue weighted by atomic mass is 9.77. The van der Waals surface area contributed by atoms with Crippen LogP contribution in [-0.2, 0) is 27.1 Å². The molecule has 2 unspecified atom stereocenters. The fraction of sp³-hybridized carbons (Fsp3) is 0.485. The van der Waals surface area contributed by atoms with Crippen LogP contribution in [0, 0.1) is 0 Å². The molecule has 3 heterocycles. The first-order chi connectivity index (χ1) is 21.0. The van der Waals surface area contributed by atoms with E-state index in [1.54, 1.807) is 11.1 Å². The maximum absolute atomic E-state index is 14.8. The van der Waals surface area contributed by atoms with Crippen molar-refractivity contribution in [1.29, 1.82) is 0 Å². The predicted molar refractivity (Wildman–Crippen MR) is 161 cm³/mol. The van der Waals surface area contributed by atoms with E-state index in [9.17, 15) is 27.6 Å². The maximum atomic E-state index is 14.8. The predicted octanol–water partition coefficient (Wildman–Crippen LogP) is 5.04. The molecule has 0 saturated carbocycles. The maximum Gasteiger partial charge on any atom is 0.416 e. The summed E-state index contributed by atoms with van der Waals surface area (Å²) in [6.45, 7) is 4.51. The summed E-state index contributed by atoms with van der Waals surface area (Å²) in [6.07, 6.45) is 1.83. The Bertz CT molecular complexity index is 1510. The van der Waals surface area contributed by atoms with Gasteiger partial charge in [0.1, 0.15) is 0 Å². The largest absolute Gasteiger partial charge is 0.416 e. The van der Waals surface area contributed by atoms with Gasteiger partial charge in [-0.1, -0.05) is 42.8 Å². The molecule has 2 aliphatic heterocycles. The average Bonchev–Trinajstić information content (AvgIpc) is 3.44. The zero-order valence-corrected chi connectivity index (χ0v) is 25.2. The van der Waals surface area contributed by atoms with E-state index < -0.39 is 47.5 Å². The topological polar surface area (TPSA) is 103 Å². The number of piperidine rings is 2. The third kappa shape index (κ3) is 5.92. The number of rotatable bonds is 8. The molecule has 11 heteroatoms. The Hall–Kier alpha value is -3.54. The van der Waals surface area contributed by atoms with E-state index in [1.807, 2.05) is 24.3 Å². The van der Waals surface area contributed by atoms with Crippen LogP contribution >= 0.6 is 0 Å². The lowest BCUT2D eigenvalue weighted by Crippen LogP contribution is -2.70. The first-order valence-corrected chi connectivity index (χ1v) is 15.3. The average molecular weight is 612 g/mol. The molecular weight excluding hydrogens is 571 g/mol. The number of Topliss-reactive ketones (excluding diaryl/α,β-unsaturated/α-hetero) is 1. The molecule has 1 aromatic heterocycles. The zero-order chi connectivity index (χ0) is 31.6. The van der Waals surface area contributed by atoms with E-state index in [4.69, 9.17) is 5.73 Å². The molecule has 2 saturated heterocycles. The van der Waals surface area contributed by atoms with Gasteiger partial charge in [-0.25, -0.2) is 0 Å². The quantitative estimate of drug-likeness (QED) is 0.346. The monoisotopic (exact) mass is 611 g/mol. The number of hydrogen-bond donors (Lipinski definition) is 2. The highest BCUT2D eigenvalue weighted by Gasteiger charge is 2.57.